The highest BCUT2D eigenvalue weighted by molar-refractivity contribution is 5.76. The van der Waals surface area contributed by atoms with E-state index in [9.17, 15) is 19.8 Å². The Balaban J connectivity index is 3.40. The van der Waals surface area contributed by atoms with Crippen molar-refractivity contribution in [3.8, 4) is 0 Å². The van der Waals surface area contributed by atoms with Crippen molar-refractivity contribution >= 4 is 11.9 Å². The van der Waals surface area contributed by atoms with Crippen molar-refractivity contribution in [3.05, 3.63) is 12.2 Å². The van der Waals surface area contributed by atoms with Gasteiger partial charge in [-0.2, -0.15) is 0 Å². The standard InChI is InChI=1S/C56H109NO5/c1-3-5-7-9-11-13-15-25-30-34-38-42-46-50-56(61)62-51-47-43-39-35-31-27-24-22-20-18-16-17-19-21-23-26-29-33-37-41-45-49-55(60)57-53(52-58)54(59)48-44-40-36-32-28-14-12-10-8-6-4-2/h17,19,53-54,58-59H,3-16,18,20-52H2,1-2H3,(H,57,60)/b19-17-. The molecule has 1 amide bonds. The lowest BCUT2D eigenvalue weighted by molar-refractivity contribution is -0.143. The molecule has 0 aliphatic carbocycles. The molecule has 6 heteroatoms. The van der Waals surface area contributed by atoms with E-state index in [0.717, 1.165) is 38.5 Å². The molecule has 0 aliphatic rings. The van der Waals surface area contributed by atoms with Crippen molar-refractivity contribution in [2.75, 3.05) is 13.2 Å². The van der Waals surface area contributed by atoms with Gasteiger partial charge in [-0.1, -0.05) is 257 Å². The summed E-state index contributed by atoms with van der Waals surface area (Å²) < 4.78 is 5.47. The van der Waals surface area contributed by atoms with E-state index in [2.05, 4.69) is 31.3 Å². The molecule has 0 fully saturated rings. The molecule has 2 unspecified atom stereocenters. The van der Waals surface area contributed by atoms with E-state index in [4.69, 9.17) is 4.74 Å². The van der Waals surface area contributed by atoms with Gasteiger partial charge in [0.05, 0.1) is 25.4 Å². The van der Waals surface area contributed by atoms with Gasteiger partial charge in [0.25, 0.3) is 0 Å². The first kappa shape index (κ1) is 60.6. The van der Waals surface area contributed by atoms with Gasteiger partial charge in [0.2, 0.25) is 5.91 Å². The fraction of sp³-hybridized carbons (Fsp3) is 0.929. The summed E-state index contributed by atoms with van der Waals surface area (Å²) in [7, 11) is 0. The second-order valence-electron chi connectivity index (χ2n) is 19.3. The number of nitrogens with one attached hydrogen (secondary N) is 1. The van der Waals surface area contributed by atoms with Crippen LogP contribution >= 0.6 is 0 Å². The molecular weight excluding hydrogens is 767 g/mol. The SMILES string of the molecule is CCCCCCCCCCCCCCCC(=O)OCCCCCCCCCCCC/C=C\CCCCCCCCCC(=O)NC(CO)C(O)CCCCCCCCCCCCC. The molecule has 62 heavy (non-hydrogen) atoms. The maximum absolute atomic E-state index is 12.4. The van der Waals surface area contributed by atoms with Crippen LogP contribution in [0.5, 0.6) is 0 Å². The molecule has 0 rings (SSSR count). The number of rotatable bonds is 52. The summed E-state index contributed by atoms with van der Waals surface area (Å²) in [6, 6.07) is -0.544. The average molecular weight is 876 g/mol. The van der Waals surface area contributed by atoms with Crippen LogP contribution in [0.15, 0.2) is 12.2 Å². The summed E-state index contributed by atoms with van der Waals surface area (Å²) in [6.45, 7) is 4.95. The van der Waals surface area contributed by atoms with Crippen LogP contribution in [0.2, 0.25) is 0 Å². The van der Waals surface area contributed by atoms with Gasteiger partial charge in [-0.25, -0.2) is 0 Å². The van der Waals surface area contributed by atoms with Crippen LogP contribution < -0.4 is 5.32 Å². The zero-order valence-corrected chi connectivity index (χ0v) is 41.9. The van der Waals surface area contributed by atoms with Crippen molar-refractivity contribution in [3.63, 3.8) is 0 Å². The molecule has 0 saturated carbocycles. The van der Waals surface area contributed by atoms with Crippen LogP contribution in [-0.4, -0.2) is 47.4 Å². The molecular formula is C56H109NO5. The second-order valence-corrected chi connectivity index (χ2v) is 19.3. The number of amides is 1. The number of aliphatic hydroxyl groups is 2. The number of allylic oxidation sites excluding steroid dienone is 2. The Bertz CT molecular complexity index is 924. The minimum atomic E-state index is -0.666. The molecule has 0 saturated heterocycles. The molecule has 0 bridgehead atoms. The summed E-state index contributed by atoms with van der Waals surface area (Å²) in [6.07, 6.45) is 60.6. The van der Waals surface area contributed by atoms with Crippen molar-refractivity contribution in [2.24, 2.45) is 0 Å². The van der Waals surface area contributed by atoms with Gasteiger partial charge in [-0.15, -0.1) is 0 Å². The average Bonchev–Trinajstić information content (AvgIpc) is 3.27. The normalized spacial score (nSPS) is 12.6. The molecule has 0 aliphatic heterocycles. The molecule has 368 valence electrons. The fourth-order valence-corrected chi connectivity index (χ4v) is 8.75. The molecule has 0 aromatic heterocycles. The van der Waals surface area contributed by atoms with Gasteiger partial charge in [0.15, 0.2) is 0 Å². The summed E-state index contributed by atoms with van der Waals surface area (Å²) in [4.78, 5) is 24.4. The second kappa shape index (κ2) is 52.2. The Morgan fingerprint density at radius 2 is 0.758 bits per heavy atom. The molecule has 6 nitrogen and oxygen atoms in total. The highest BCUT2D eigenvalue weighted by atomic mass is 16.5. The Hall–Kier alpha value is -1.40. The van der Waals surface area contributed by atoms with E-state index in [1.165, 1.54) is 238 Å². The summed E-state index contributed by atoms with van der Waals surface area (Å²) >= 11 is 0. The molecule has 0 heterocycles. The first-order chi connectivity index (χ1) is 30.5. The third-order valence-corrected chi connectivity index (χ3v) is 13.1. The van der Waals surface area contributed by atoms with Crippen molar-refractivity contribution in [1.82, 2.24) is 5.32 Å². The van der Waals surface area contributed by atoms with E-state index in [0.29, 0.717) is 25.9 Å². The Morgan fingerprint density at radius 1 is 0.435 bits per heavy atom. The van der Waals surface area contributed by atoms with E-state index >= 15 is 0 Å². The zero-order valence-electron chi connectivity index (χ0n) is 41.9. The van der Waals surface area contributed by atoms with Gasteiger partial charge in [0, 0.05) is 12.8 Å². The monoisotopic (exact) mass is 876 g/mol. The number of hydrogen-bond acceptors (Lipinski definition) is 5. The maximum atomic E-state index is 12.4. The Labute approximate surface area is 387 Å². The Morgan fingerprint density at radius 3 is 1.15 bits per heavy atom. The highest BCUT2D eigenvalue weighted by Crippen LogP contribution is 2.17. The van der Waals surface area contributed by atoms with Crippen LogP contribution in [0.1, 0.15) is 309 Å². The number of esters is 1. The molecule has 0 radical (unpaired) electrons. The van der Waals surface area contributed by atoms with Gasteiger partial charge >= 0.3 is 5.97 Å². The van der Waals surface area contributed by atoms with Crippen LogP contribution in [0.3, 0.4) is 0 Å². The van der Waals surface area contributed by atoms with E-state index in [1.54, 1.807) is 0 Å². The molecule has 0 aromatic rings. The summed E-state index contributed by atoms with van der Waals surface area (Å²) in [5, 5.41) is 23.2. The van der Waals surface area contributed by atoms with Crippen LogP contribution in [0.4, 0.5) is 0 Å². The predicted molar refractivity (Wildman–Crippen MR) is 269 cm³/mol. The number of carbonyl (C=O) groups excluding carboxylic acids is 2. The summed E-state index contributed by atoms with van der Waals surface area (Å²) in [5.41, 5.74) is 0. The van der Waals surface area contributed by atoms with E-state index in [-0.39, 0.29) is 18.5 Å². The predicted octanol–water partition coefficient (Wildman–Crippen LogP) is 16.9. The third kappa shape index (κ3) is 48.1. The lowest BCUT2D eigenvalue weighted by atomic mass is 10.0. The molecule has 0 spiro atoms. The minimum absolute atomic E-state index is 0.00993. The minimum Gasteiger partial charge on any atom is -0.466 e. The van der Waals surface area contributed by atoms with Gasteiger partial charge in [-0.3, -0.25) is 9.59 Å². The molecule has 0 aromatic carbocycles. The number of aliphatic hydroxyl groups excluding tert-OH is 2. The van der Waals surface area contributed by atoms with Crippen LogP contribution in [-0.2, 0) is 14.3 Å². The fourth-order valence-electron chi connectivity index (χ4n) is 8.75. The highest BCUT2D eigenvalue weighted by Gasteiger charge is 2.20. The molecule has 3 N–H and O–H groups in total. The van der Waals surface area contributed by atoms with Crippen molar-refractivity contribution in [2.45, 2.75) is 321 Å². The van der Waals surface area contributed by atoms with Crippen molar-refractivity contribution in [1.29, 1.82) is 0 Å². The number of carbonyl (C=O) groups is 2. The van der Waals surface area contributed by atoms with E-state index in [1.807, 2.05) is 0 Å². The van der Waals surface area contributed by atoms with E-state index < -0.39 is 12.1 Å². The maximum Gasteiger partial charge on any atom is 0.305 e. The number of hydrogen-bond donors (Lipinski definition) is 3. The number of ether oxygens (including phenoxy) is 1. The topological polar surface area (TPSA) is 95.9 Å². The number of unbranched alkanes of at least 4 members (excludes halogenated alkanes) is 39. The first-order valence-corrected chi connectivity index (χ1v) is 27.9. The lowest BCUT2D eigenvalue weighted by Crippen LogP contribution is -2.45. The van der Waals surface area contributed by atoms with Crippen molar-refractivity contribution < 1.29 is 24.5 Å². The summed E-state index contributed by atoms with van der Waals surface area (Å²) in [5.74, 6) is -0.0330. The Kier molecular flexibility index (Phi) is 51.0. The van der Waals surface area contributed by atoms with Gasteiger partial charge in [-0.05, 0) is 51.4 Å². The van der Waals surface area contributed by atoms with Crippen LogP contribution in [0, 0.1) is 0 Å². The smallest absolute Gasteiger partial charge is 0.305 e. The third-order valence-electron chi connectivity index (χ3n) is 13.1. The largest absolute Gasteiger partial charge is 0.466 e. The quantitative estimate of drug-likeness (QED) is 0.0321. The van der Waals surface area contributed by atoms with Gasteiger partial charge in [0.1, 0.15) is 0 Å². The zero-order chi connectivity index (χ0) is 45.1. The lowest BCUT2D eigenvalue weighted by Gasteiger charge is -2.22. The van der Waals surface area contributed by atoms with Gasteiger partial charge < -0.3 is 20.3 Å². The first-order valence-electron chi connectivity index (χ1n) is 27.9. The molecule has 2 atom stereocenters. The van der Waals surface area contributed by atoms with Crippen LogP contribution in [0.25, 0.3) is 0 Å².